The summed E-state index contributed by atoms with van der Waals surface area (Å²) in [7, 11) is 0. The van der Waals surface area contributed by atoms with E-state index in [-0.39, 0.29) is 26.2 Å². The molecule has 0 aliphatic carbocycles. The van der Waals surface area contributed by atoms with Gasteiger partial charge in [0.15, 0.2) is 0 Å². The van der Waals surface area contributed by atoms with Gasteiger partial charge in [0.1, 0.15) is 0 Å². The Kier molecular flexibility index (Phi) is 17.0. The number of hydrogen-bond donors (Lipinski definition) is 1. The Balaban J connectivity index is 0. The van der Waals surface area contributed by atoms with E-state index in [1.54, 1.807) is 0 Å². The molecule has 0 amide bonds. The molecule has 15 heavy (non-hydrogen) atoms. The minimum Gasteiger partial charge on any atom is -0.481 e. The van der Waals surface area contributed by atoms with Gasteiger partial charge >= 0.3 is 5.97 Å². The van der Waals surface area contributed by atoms with Crippen LogP contribution in [0.2, 0.25) is 0 Å². The molecule has 0 aromatic carbocycles. The quantitative estimate of drug-likeness (QED) is 0.618. The van der Waals surface area contributed by atoms with Crippen LogP contribution >= 0.6 is 0 Å². The zero-order chi connectivity index (χ0) is 10.6. The second-order valence-electron chi connectivity index (χ2n) is 3.97. The Bertz CT molecular complexity index is 138. The van der Waals surface area contributed by atoms with Gasteiger partial charge in [-0.1, -0.05) is 58.3 Å². The van der Waals surface area contributed by atoms with Crippen LogP contribution in [0, 0.1) is 0 Å². The first-order chi connectivity index (χ1) is 6.77. The molecule has 0 aromatic heterocycles. The first-order valence-electron chi connectivity index (χ1n) is 5.99. The molecule has 0 saturated heterocycles. The zero-order valence-corrected chi connectivity index (χ0v) is 12.4. The predicted octanol–water partition coefficient (Wildman–Crippen LogP) is 3.99. The molecule has 0 aromatic rings. The fourth-order valence-electron chi connectivity index (χ4n) is 1.59. The first-order valence-corrected chi connectivity index (χ1v) is 5.99. The number of carboxylic acids is 1. The van der Waals surface area contributed by atoms with Crippen molar-refractivity contribution in [1.82, 2.24) is 0 Å². The number of hydrogen-bond acceptors (Lipinski definition) is 1. The number of carboxylic acid groups (broad SMARTS) is 1. The molecule has 0 radical (unpaired) electrons. The van der Waals surface area contributed by atoms with E-state index in [1.807, 2.05) is 0 Å². The number of aliphatic carboxylic acids is 1. The van der Waals surface area contributed by atoms with E-state index in [9.17, 15) is 4.79 Å². The summed E-state index contributed by atoms with van der Waals surface area (Å²) in [5.41, 5.74) is 0. The van der Waals surface area contributed by atoms with E-state index < -0.39 is 5.97 Å². The largest absolute Gasteiger partial charge is 0.481 e. The van der Waals surface area contributed by atoms with E-state index in [0.717, 1.165) is 12.8 Å². The van der Waals surface area contributed by atoms with E-state index in [4.69, 9.17) is 5.11 Å². The third kappa shape index (κ3) is 17.0. The number of rotatable bonds is 10. The summed E-state index contributed by atoms with van der Waals surface area (Å²) in [5.74, 6) is -0.659. The topological polar surface area (TPSA) is 37.3 Å². The van der Waals surface area contributed by atoms with Crippen molar-refractivity contribution in [3.05, 3.63) is 0 Å². The fourth-order valence-corrected chi connectivity index (χ4v) is 1.59. The Hall–Kier alpha value is 0.353. The summed E-state index contributed by atoms with van der Waals surface area (Å²) < 4.78 is 0. The number of carbonyl (C=O) groups is 1. The van der Waals surface area contributed by atoms with Crippen LogP contribution < -0.4 is 0 Å². The Labute approximate surface area is 113 Å². The molecule has 1 N–H and O–H groups in total. The Morgan fingerprint density at radius 3 is 1.67 bits per heavy atom. The van der Waals surface area contributed by atoms with Gasteiger partial charge in [-0.25, -0.2) is 0 Å². The normalized spacial score (nSPS) is 9.67. The summed E-state index contributed by atoms with van der Waals surface area (Å²) in [5, 5.41) is 8.41. The van der Waals surface area contributed by atoms with Crippen LogP contribution in [0.3, 0.4) is 0 Å². The van der Waals surface area contributed by atoms with Crippen LogP contribution in [-0.4, -0.2) is 11.1 Å². The van der Waals surface area contributed by atoms with Gasteiger partial charge in [-0.15, -0.1) is 0 Å². The minimum atomic E-state index is -0.659. The zero-order valence-electron chi connectivity index (χ0n) is 9.93. The molecule has 0 unspecified atom stereocenters. The maximum Gasteiger partial charge on any atom is 0.303 e. The summed E-state index contributed by atoms with van der Waals surface area (Å²) in [6.45, 7) is 2.23. The van der Waals surface area contributed by atoms with Gasteiger partial charge in [-0.3, -0.25) is 4.79 Å². The van der Waals surface area contributed by atoms with Crippen molar-refractivity contribution in [1.29, 1.82) is 0 Å². The predicted molar refractivity (Wildman–Crippen MR) is 59.5 cm³/mol. The maximum absolute atomic E-state index is 10.2. The molecule has 0 saturated carbocycles. The standard InChI is InChI=1S/C12H24O2.Zr/c1-2-3-4-5-6-7-8-9-10-11-12(13)14;/h2-11H2,1H3,(H,13,14);. The molecule has 0 aliphatic heterocycles. The Morgan fingerprint density at radius 1 is 0.867 bits per heavy atom. The van der Waals surface area contributed by atoms with Gasteiger partial charge in [-0.2, -0.15) is 0 Å². The van der Waals surface area contributed by atoms with Gasteiger partial charge in [0, 0.05) is 32.6 Å². The van der Waals surface area contributed by atoms with Crippen molar-refractivity contribution in [2.24, 2.45) is 0 Å². The van der Waals surface area contributed by atoms with Crippen LogP contribution in [0.4, 0.5) is 0 Å². The van der Waals surface area contributed by atoms with Crippen LogP contribution in [0.1, 0.15) is 71.1 Å². The van der Waals surface area contributed by atoms with Crippen molar-refractivity contribution >= 4 is 5.97 Å². The van der Waals surface area contributed by atoms with Crippen molar-refractivity contribution in [2.45, 2.75) is 71.1 Å². The smallest absolute Gasteiger partial charge is 0.303 e. The molecule has 0 spiro atoms. The molecule has 0 bridgehead atoms. The second-order valence-corrected chi connectivity index (χ2v) is 3.97. The summed E-state index contributed by atoms with van der Waals surface area (Å²) in [4.78, 5) is 10.2. The Morgan fingerprint density at radius 2 is 1.27 bits per heavy atom. The summed E-state index contributed by atoms with van der Waals surface area (Å²) >= 11 is 0. The van der Waals surface area contributed by atoms with Gasteiger partial charge in [0.25, 0.3) is 0 Å². The van der Waals surface area contributed by atoms with E-state index >= 15 is 0 Å². The van der Waals surface area contributed by atoms with Crippen LogP contribution in [0.5, 0.6) is 0 Å². The van der Waals surface area contributed by atoms with Gasteiger partial charge in [0.2, 0.25) is 0 Å². The third-order valence-electron chi connectivity index (χ3n) is 2.49. The molecule has 3 heteroatoms. The first kappa shape index (κ1) is 17.7. The maximum atomic E-state index is 10.2. The van der Waals surface area contributed by atoms with Crippen molar-refractivity contribution in [3.63, 3.8) is 0 Å². The average molecular weight is 292 g/mol. The fraction of sp³-hybridized carbons (Fsp3) is 0.917. The average Bonchev–Trinajstić information content (AvgIpc) is 2.15. The minimum absolute atomic E-state index is 0. The van der Waals surface area contributed by atoms with Crippen molar-refractivity contribution in [3.8, 4) is 0 Å². The van der Waals surface area contributed by atoms with Crippen LogP contribution in [0.15, 0.2) is 0 Å². The molecule has 2 nitrogen and oxygen atoms in total. The second kappa shape index (κ2) is 14.4. The van der Waals surface area contributed by atoms with Crippen LogP contribution in [-0.2, 0) is 31.0 Å². The molecule has 88 valence electrons. The number of unbranched alkanes of at least 4 members (excludes halogenated alkanes) is 8. The summed E-state index contributed by atoms with van der Waals surface area (Å²) in [6.07, 6.45) is 11.5. The molecule has 0 fully saturated rings. The molecule has 0 aliphatic rings. The van der Waals surface area contributed by atoms with Gasteiger partial charge < -0.3 is 5.11 Å². The monoisotopic (exact) mass is 290 g/mol. The van der Waals surface area contributed by atoms with Gasteiger partial charge in [0.05, 0.1) is 0 Å². The third-order valence-corrected chi connectivity index (χ3v) is 2.49. The molecular weight excluding hydrogens is 267 g/mol. The van der Waals surface area contributed by atoms with Crippen LogP contribution in [0.25, 0.3) is 0 Å². The molecule has 0 atom stereocenters. The summed E-state index contributed by atoms with van der Waals surface area (Å²) in [6, 6.07) is 0. The molecular formula is C12H24O2Zr. The SMILES string of the molecule is CCCCCCCCCCCC(=O)O.[Zr]. The van der Waals surface area contributed by atoms with Crippen molar-refractivity contribution < 1.29 is 36.1 Å². The van der Waals surface area contributed by atoms with Crippen molar-refractivity contribution in [2.75, 3.05) is 0 Å². The molecule has 0 rings (SSSR count). The molecule has 0 heterocycles. The van der Waals surface area contributed by atoms with E-state index in [0.29, 0.717) is 6.42 Å². The van der Waals surface area contributed by atoms with E-state index in [1.165, 1.54) is 44.9 Å². The van der Waals surface area contributed by atoms with E-state index in [2.05, 4.69) is 6.92 Å². The van der Waals surface area contributed by atoms with Gasteiger partial charge in [-0.05, 0) is 6.42 Å².